The summed E-state index contributed by atoms with van der Waals surface area (Å²) >= 11 is 0. The van der Waals surface area contributed by atoms with Crippen molar-refractivity contribution in [2.24, 2.45) is 0 Å². The number of aromatic hydroxyl groups is 1. The number of halogens is 2. The van der Waals surface area contributed by atoms with Gasteiger partial charge in [0.2, 0.25) is 5.82 Å². The van der Waals surface area contributed by atoms with Gasteiger partial charge in [0.25, 0.3) is 0 Å². The summed E-state index contributed by atoms with van der Waals surface area (Å²) in [6.45, 7) is 4.81. The van der Waals surface area contributed by atoms with Crippen molar-refractivity contribution in [3.8, 4) is 28.8 Å². The molecule has 0 aliphatic carbocycles. The Bertz CT molecular complexity index is 1820. The van der Waals surface area contributed by atoms with E-state index in [1.54, 1.807) is 6.07 Å². The summed E-state index contributed by atoms with van der Waals surface area (Å²) in [5, 5.41) is 24.6. The molecule has 4 aromatic rings. The van der Waals surface area contributed by atoms with Crippen LogP contribution in [-0.4, -0.2) is 80.1 Å². The van der Waals surface area contributed by atoms with Crippen molar-refractivity contribution in [3.63, 3.8) is 0 Å². The fourth-order valence-electron chi connectivity index (χ4n) is 7.63. The van der Waals surface area contributed by atoms with E-state index in [4.69, 9.17) is 4.98 Å². The number of aromatic nitrogens is 4. The van der Waals surface area contributed by atoms with Gasteiger partial charge >= 0.3 is 0 Å². The Morgan fingerprint density at radius 1 is 1.17 bits per heavy atom. The summed E-state index contributed by atoms with van der Waals surface area (Å²) in [7, 11) is 0. The SMILES string of the molecule is CCc1cccc2cc(O)cc(-c3nnc4c(N5C[C@H]6C[C@@H]5CN6)nc(C#C[C@@]56CCCN5C[C@H](F)C6)nc4c3F)c12. The van der Waals surface area contributed by atoms with E-state index in [9.17, 15) is 9.50 Å². The second kappa shape index (κ2) is 9.54. The normalized spacial score (nSPS) is 26.7. The average Bonchev–Trinajstić information content (AvgIpc) is 3.77. The van der Waals surface area contributed by atoms with Crippen LogP contribution in [0.3, 0.4) is 0 Å². The minimum absolute atomic E-state index is 0.0191. The molecule has 4 aliphatic heterocycles. The van der Waals surface area contributed by atoms with Gasteiger partial charge in [-0.15, -0.1) is 10.2 Å². The quantitative estimate of drug-likeness (QED) is 0.358. The first kappa shape index (κ1) is 25.7. The molecule has 4 aliphatic rings. The fourth-order valence-corrected chi connectivity index (χ4v) is 7.63. The minimum Gasteiger partial charge on any atom is -0.508 e. The molecule has 6 heterocycles. The van der Waals surface area contributed by atoms with Crippen molar-refractivity contribution in [2.45, 2.75) is 62.8 Å². The van der Waals surface area contributed by atoms with Gasteiger partial charge in [0.15, 0.2) is 17.2 Å². The molecule has 214 valence electrons. The third-order valence-electron chi connectivity index (χ3n) is 9.55. The third kappa shape index (κ3) is 3.94. The van der Waals surface area contributed by atoms with Crippen LogP contribution in [0.5, 0.6) is 5.75 Å². The van der Waals surface area contributed by atoms with Crippen LogP contribution >= 0.6 is 0 Å². The van der Waals surface area contributed by atoms with Crippen molar-refractivity contribution in [2.75, 3.05) is 31.1 Å². The number of benzene rings is 2. The lowest BCUT2D eigenvalue weighted by Gasteiger charge is -2.29. The van der Waals surface area contributed by atoms with E-state index in [2.05, 4.69) is 42.1 Å². The Morgan fingerprint density at radius 2 is 2.07 bits per heavy atom. The highest BCUT2D eigenvalue weighted by atomic mass is 19.1. The van der Waals surface area contributed by atoms with Crippen LogP contribution in [0.15, 0.2) is 30.3 Å². The highest BCUT2D eigenvalue weighted by molar-refractivity contribution is 6.01. The van der Waals surface area contributed by atoms with Crippen LogP contribution in [0.1, 0.15) is 44.0 Å². The molecule has 4 saturated heterocycles. The van der Waals surface area contributed by atoms with E-state index in [1.165, 1.54) is 6.07 Å². The molecule has 0 amide bonds. The van der Waals surface area contributed by atoms with Crippen molar-refractivity contribution in [1.82, 2.24) is 30.4 Å². The van der Waals surface area contributed by atoms with Gasteiger partial charge < -0.3 is 15.3 Å². The molecule has 2 aromatic heterocycles. The highest BCUT2D eigenvalue weighted by Crippen LogP contribution is 2.41. The van der Waals surface area contributed by atoms with Gasteiger partial charge in [-0.25, -0.2) is 18.7 Å². The zero-order valence-electron chi connectivity index (χ0n) is 23.4. The standard InChI is InChI=1S/C32H31F2N7O/c1-2-18-5-3-6-19-11-23(42)13-24(26(18)19)28-27(34)29-30(39-38-28)31(41-17-21-12-22(41)15-35-21)37-25(36-29)7-9-32-8-4-10-40(32)16-20(33)14-32/h3,5-6,11,13,20-22,35,42H,2,4,8,10,12,14-17H2,1H3/t20-,21-,22-,32-/m1/s1. The van der Waals surface area contributed by atoms with E-state index in [-0.39, 0.29) is 28.8 Å². The van der Waals surface area contributed by atoms with Crippen molar-refractivity contribution >= 4 is 27.6 Å². The van der Waals surface area contributed by atoms with Gasteiger partial charge in [0.05, 0.1) is 5.54 Å². The maximum atomic E-state index is 16.7. The van der Waals surface area contributed by atoms with E-state index < -0.39 is 17.5 Å². The number of nitrogens with one attached hydrogen (secondary N) is 1. The van der Waals surface area contributed by atoms with Gasteiger partial charge in [-0.05, 0) is 66.6 Å². The van der Waals surface area contributed by atoms with E-state index in [0.29, 0.717) is 35.9 Å². The highest BCUT2D eigenvalue weighted by Gasteiger charge is 2.48. The largest absolute Gasteiger partial charge is 0.508 e. The smallest absolute Gasteiger partial charge is 0.207 e. The molecule has 2 aromatic carbocycles. The van der Waals surface area contributed by atoms with E-state index in [1.807, 2.05) is 25.1 Å². The van der Waals surface area contributed by atoms with Crippen molar-refractivity contribution < 1.29 is 13.9 Å². The number of nitrogens with zero attached hydrogens (tertiary/aromatic N) is 6. The van der Waals surface area contributed by atoms with E-state index in [0.717, 1.165) is 61.7 Å². The van der Waals surface area contributed by atoms with Gasteiger partial charge in [-0.1, -0.05) is 31.0 Å². The minimum atomic E-state index is -0.902. The monoisotopic (exact) mass is 567 g/mol. The second-order valence-corrected chi connectivity index (χ2v) is 12.1. The summed E-state index contributed by atoms with van der Waals surface area (Å²) in [6, 6.07) is 9.58. The maximum absolute atomic E-state index is 16.7. The van der Waals surface area contributed by atoms with Gasteiger partial charge in [0.1, 0.15) is 23.1 Å². The molecular formula is C32H31F2N7O. The average molecular weight is 568 g/mol. The Balaban J connectivity index is 1.33. The van der Waals surface area contributed by atoms with Crippen molar-refractivity contribution in [1.29, 1.82) is 0 Å². The van der Waals surface area contributed by atoms with Gasteiger partial charge in [-0.2, -0.15) is 0 Å². The summed E-state index contributed by atoms with van der Waals surface area (Å²) in [5.74, 6) is 6.58. The fraction of sp³-hybridized carbons (Fsp3) is 0.438. The number of phenolic OH excluding ortho intramolecular Hbond substituents is 1. The first-order chi connectivity index (χ1) is 20.4. The summed E-state index contributed by atoms with van der Waals surface area (Å²) in [4.78, 5) is 13.7. The number of phenols is 1. The molecule has 0 saturated carbocycles. The molecule has 8 nitrogen and oxygen atoms in total. The summed E-state index contributed by atoms with van der Waals surface area (Å²) in [6.07, 6.45) is 2.95. The maximum Gasteiger partial charge on any atom is 0.207 e. The second-order valence-electron chi connectivity index (χ2n) is 12.1. The first-order valence-electron chi connectivity index (χ1n) is 14.8. The van der Waals surface area contributed by atoms with Crippen LogP contribution in [0.25, 0.3) is 33.1 Å². The third-order valence-corrected chi connectivity index (χ3v) is 9.55. The lowest BCUT2D eigenvalue weighted by atomic mass is 9.94. The lowest BCUT2D eigenvalue weighted by Crippen LogP contribution is -2.44. The van der Waals surface area contributed by atoms with Crippen molar-refractivity contribution in [3.05, 3.63) is 47.5 Å². The zero-order chi connectivity index (χ0) is 28.6. The number of piperazine rings is 1. The molecule has 0 spiro atoms. The Hall–Kier alpha value is -3.94. The Kier molecular flexibility index (Phi) is 5.85. The number of hydrogen-bond acceptors (Lipinski definition) is 8. The van der Waals surface area contributed by atoms with E-state index >= 15 is 4.39 Å². The molecule has 42 heavy (non-hydrogen) atoms. The van der Waals surface area contributed by atoms with Gasteiger partial charge in [0, 0.05) is 43.7 Å². The summed E-state index contributed by atoms with van der Waals surface area (Å²) < 4.78 is 31.1. The molecule has 2 bridgehead atoms. The predicted octanol–water partition coefficient (Wildman–Crippen LogP) is 4.13. The Morgan fingerprint density at radius 3 is 2.88 bits per heavy atom. The van der Waals surface area contributed by atoms with Crippen LogP contribution < -0.4 is 10.2 Å². The number of aryl methyl sites for hydroxylation is 1. The summed E-state index contributed by atoms with van der Waals surface area (Å²) in [5.41, 5.74) is 1.32. The molecule has 0 radical (unpaired) electrons. The molecule has 0 unspecified atom stereocenters. The topological polar surface area (TPSA) is 90.3 Å². The molecular weight excluding hydrogens is 536 g/mol. The Labute approximate surface area is 242 Å². The molecule has 8 rings (SSSR count). The molecule has 4 atom stereocenters. The number of rotatable bonds is 3. The van der Waals surface area contributed by atoms with Crippen LogP contribution in [0.4, 0.5) is 14.6 Å². The number of fused-ring (bicyclic) bond motifs is 5. The molecule has 2 N–H and O–H groups in total. The lowest BCUT2D eigenvalue weighted by molar-refractivity contribution is 0.255. The number of alkyl halides is 1. The van der Waals surface area contributed by atoms with Crippen LogP contribution in [-0.2, 0) is 6.42 Å². The number of anilines is 1. The van der Waals surface area contributed by atoms with Crippen LogP contribution in [0.2, 0.25) is 0 Å². The molecule has 4 fully saturated rings. The zero-order valence-corrected chi connectivity index (χ0v) is 23.4. The molecule has 10 heteroatoms. The van der Waals surface area contributed by atoms with Crippen LogP contribution in [0, 0.1) is 17.7 Å². The number of hydrogen-bond donors (Lipinski definition) is 2. The first-order valence-corrected chi connectivity index (χ1v) is 14.8. The van der Waals surface area contributed by atoms with Gasteiger partial charge in [-0.3, -0.25) is 4.90 Å². The predicted molar refractivity (Wildman–Crippen MR) is 157 cm³/mol.